The van der Waals surface area contributed by atoms with Crippen molar-refractivity contribution in [3.63, 3.8) is 0 Å². The highest BCUT2D eigenvalue weighted by atomic mass is 16.4. The Hall–Kier alpha value is -3.73. The standard InChI is InChI=1S/C19H24N6O5/c20-8-16(26)24-15(7-13-9-21-11-23-13)19(30)25-14(18(29)22-10-17(27)28)6-12-4-2-1-3-5-12/h1-5,9,11,14-15H,6-8,10,20H2,(H,21,23)(H,22,29)(H,24,26)(H,25,30)(H,27,28). The van der Waals surface area contributed by atoms with Crippen LogP contribution < -0.4 is 21.7 Å². The molecule has 30 heavy (non-hydrogen) atoms. The molecule has 2 rings (SSSR count). The first-order valence-corrected chi connectivity index (χ1v) is 9.19. The molecule has 0 fully saturated rings. The molecule has 0 aliphatic heterocycles. The number of hydrogen-bond acceptors (Lipinski definition) is 6. The van der Waals surface area contributed by atoms with Crippen LogP contribution in [-0.2, 0) is 32.0 Å². The summed E-state index contributed by atoms with van der Waals surface area (Å²) in [5.41, 5.74) is 6.70. The van der Waals surface area contributed by atoms with Crippen LogP contribution in [0, 0.1) is 0 Å². The molecule has 3 amide bonds. The van der Waals surface area contributed by atoms with Crippen molar-refractivity contribution in [1.29, 1.82) is 0 Å². The van der Waals surface area contributed by atoms with Gasteiger partial charge in [0.15, 0.2) is 0 Å². The van der Waals surface area contributed by atoms with Gasteiger partial charge in [-0.25, -0.2) is 4.98 Å². The first kappa shape index (κ1) is 22.6. The van der Waals surface area contributed by atoms with E-state index >= 15 is 0 Å². The summed E-state index contributed by atoms with van der Waals surface area (Å²) in [4.78, 5) is 54.6. The Balaban J connectivity index is 2.15. The second-order valence-corrected chi connectivity index (χ2v) is 6.47. The molecule has 1 aromatic heterocycles. The normalized spacial score (nSPS) is 12.4. The van der Waals surface area contributed by atoms with Gasteiger partial charge in [0.1, 0.15) is 18.6 Å². The average molecular weight is 416 g/mol. The molecule has 1 aromatic carbocycles. The Kier molecular flexibility index (Phi) is 8.51. The third-order valence-corrected chi connectivity index (χ3v) is 4.15. The van der Waals surface area contributed by atoms with Gasteiger partial charge in [0.25, 0.3) is 0 Å². The third-order valence-electron chi connectivity index (χ3n) is 4.15. The van der Waals surface area contributed by atoms with Crippen LogP contribution in [0.1, 0.15) is 11.3 Å². The van der Waals surface area contributed by atoms with E-state index in [1.54, 1.807) is 24.3 Å². The second kappa shape index (κ2) is 11.3. The molecule has 0 saturated heterocycles. The summed E-state index contributed by atoms with van der Waals surface area (Å²) in [6.45, 7) is -0.888. The lowest BCUT2D eigenvalue weighted by atomic mass is 10.0. The van der Waals surface area contributed by atoms with Crippen LogP contribution in [-0.4, -0.2) is 63.9 Å². The van der Waals surface area contributed by atoms with Gasteiger partial charge in [-0.2, -0.15) is 0 Å². The number of H-pyrrole nitrogens is 1. The minimum absolute atomic E-state index is 0.104. The molecule has 0 saturated carbocycles. The van der Waals surface area contributed by atoms with Crippen LogP contribution >= 0.6 is 0 Å². The number of carboxylic acid groups (broad SMARTS) is 1. The van der Waals surface area contributed by atoms with Crippen molar-refractivity contribution in [2.24, 2.45) is 5.73 Å². The summed E-state index contributed by atoms with van der Waals surface area (Å²) in [5.74, 6) is -3.01. The zero-order valence-corrected chi connectivity index (χ0v) is 16.1. The number of aromatic amines is 1. The van der Waals surface area contributed by atoms with Gasteiger partial charge in [-0.3, -0.25) is 19.2 Å². The molecule has 2 atom stereocenters. The molecule has 2 unspecified atom stereocenters. The van der Waals surface area contributed by atoms with Crippen LogP contribution in [0.25, 0.3) is 0 Å². The molecule has 1 heterocycles. The lowest BCUT2D eigenvalue weighted by molar-refractivity contribution is -0.138. The molecule has 160 valence electrons. The topological polar surface area (TPSA) is 179 Å². The van der Waals surface area contributed by atoms with E-state index in [1.807, 2.05) is 6.07 Å². The SMILES string of the molecule is NCC(=O)NC(Cc1cnc[nH]1)C(=O)NC(Cc1ccccc1)C(=O)NCC(=O)O. The zero-order chi connectivity index (χ0) is 21.9. The summed E-state index contributed by atoms with van der Waals surface area (Å²) >= 11 is 0. The molecule has 0 aliphatic rings. The Morgan fingerprint density at radius 1 is 1.03 bits per heavy atom. The number of rotatable bonds is 11. The van der Waals surface area contributed by atoms with Crippen LogP contribution in [0.5, 0.6) is 0 Å². The van der Waals surface area contributed by atoms with E-state index in [0.29, 0.717) is 5.69 Å². The fourth-order valence-electron chi connectivity index (χ4n) is 2.70. The van der Waals surface area contributed by atoms with Crippen molar-refractivity contribution in [2.75, 3.05) is 13.1 Å². The van der Waals surface area contributed by atoms with Crippen LogP contribution in [0.2, 0.25) is 0 Å². The molecule has 11 nitrogen and oxygen atoms in total. The molecule has 0 radical (unpaired) electrons. The van der Waals surface area contributed by atoms with Gasteiger partial charge in [0, 0.05) is 24.7 Å². The first-order chi connectivity index (χ1) is 14.4. The number of aliphatic carboxylic acids is 1. The van der Waals surface area contributed by atoms with Crippen molar-refractivity contribution in [3.05, 3.63) is 54.1 Å². The molecule has 2 aromatic rings. The van der Waals surface area contributed by atoms with Gasteiger partial charge in [-0.1, -0.05) is 30.3 Å². The fourth-order valence-corrected chi connectivity index (χ4v) is 2.70. The van der Waals surface area contributed by atoms with Crippen molar-refractivity contribution < 1.29 is 24.3 Å². The molecule has 0 spiro atoms. The monoisotopic (exact) mass is 416 g/mol. The molecule has 0 aliphatic carbocycles. The number of carbonyl (C=O) groups is 4. The minimum Gasteiger partial charge on any atom is -0.480 e. The number of nitrogens with two attached hydrogens (primary N) is 1. The number of nitrogens with one attached hydrogen (secondary N) is 4. The predicted molar refractivity (Wildman–Crippen MR) is 106 cm³/mol. The highest BCUT2D eigenvalue weighted by Gasteiger charge is 2.27. The van der Waals surface area contributed by atoms with E-state index < -0.39 is 42.3 Å². The maximum absolute atomic E-state index is 12.9. The summed E-state index contributed by atoms with van der Waals surface area (Å²) in [7, 11) is 0. The number of aromatic nitrogens is 2. The first-order valence-electron chi connectivity index (χ1n) is 9.19. The summed E-state index contributed by atoms with van der Waals surface area (Å²) in [6.07, 6.45) is 3.19. The van der Waals surface area contributed by atoms with Crippen molar-refractivity contribution in [3.8, 4) is 0 Å². The van der Waals surface area contributed by atoms with Gasteiger partial charge in [-0.05, 0) is 5.56 Å². The van der Waals surface area contributed by atoms with Gasteiger partial charge < -0.3 is 31.8 Å². The highest BCUT2D eigenvalue weighted by Crippen LogP contribution is 2.05. The highest BCUT2D eigenvalue weighted by molar-refractivity contribution is 5.93. The van der Waals surface area contributed by atoms with Crippen LogP contribution in [0.15, 0.2) is 42.9 Å². The van der Waals surface area contributed by atoms with Crippen molar-refractivity contribution >= 4 is 23.7 Å². The maximum Gasteiger partial charge on any atom is 0.322 e. The quantitative estimate of drug-likeness (QED) is 0.253. The van der Waals surface area contributed by atoms with Gasteiger partial charge >= 0.3 is 5.97 Å². The number of carboxylic acids is 1. The van der Waals surface area contributed by atoms with Crippen LogP contribution in [0.4, 0.5) is 0 Å². The smallest absolute Gasteiger partial charge is 0.322 e. The van der Waals surface area contributed by atoms with Gasteiger partial charge in [-0.15, -0.1) is 0 Å². The number of amides is 3. The summed E-state index contributed by atoms with van der Waals surface area (Å²) in [6, 6.07) is 6.89. The number of imidazole rings is 1. The Morgan fingerprint density at radius 2 is 1.73 bits per heavy atom. The van der Waals surface area contributed by atoms with E-state index in [9.17, 15) is 19.2 Å². The predicted octanol–water partition coefficient (Wildman–Crippen LogP) is -1.68. The number of carbonyl (C=O) groups excluding carboxylic acids is 3. The lowest BCUT2D eigenvalue weighted by Gasteiger charge is -2.23. The Labute approximate surface area is 172 Å². The zero-order valence-electron chi connectivity index (χ0n) is 16.1. The largest absolute Gasteiger partial charge is 0.480 e. The lowest BCUT2D eigenvalue weighted by Crippen LogP contribution is -2.56. The molecule has 7 N–H and O–H groups in total. The summed E-state index contributed by atoms with van der Waals surface area (Å²) < 4.78 is 0. The van der Waals surface area contributed by atoms with E-state index in [-0.39, 0.29) is 19.4 Å². The molecule has 11 heteroatoms. The number of nitrogens with zero attached hydrogens (tertiary/aromatic N) is 1. The minimum atomic E-state index is -1.21. The second-order valence-electron chi connectivity index (χ2n) is 6.47. The maximum atomic E-state index is 12.9. The van der Waals surface area contributed by atoms with E-state index in [1.165, 1.54) is 12.5 Å². The fraction of sp³-hybridized carbons (Fsp3) is 0.316. The van der Waals surface area contributed by atoms with Crippen LogP contribution in [0.3, 0.4) is 0 Å². The molecular weight excluding hydrogens is 392 g/mol. The van der Waals surface area contributed by atoms with E-state index in [2.05, 4.69) is 25.9 Å². The van der Waals surface area contributed by atoms with Crippen molar-refractivity contribution in [2.45, 2.75) is 24.9 Å². The average Bonchev–Trinajstić information content (AvgIpc) is 3.24. The molecule has 0 bridgehead atoms. The number of benzene rings is 1. The van der Waals surface area contributed by atoms with Gasteiger partial charge in [0.05, 0.1) is 12.9 Å². The summed E-state index contributed by atoms with van der Waals surface area (Å²) in [5, 5.41) is 16.2. The Bertz CT molecular complexity index is 856. The van der Waals surface area contributed by atoms with E-state index in [0.717, 1.165) is 5.56 Å². The van der Waals surface area contributed by atoms with E-state index in [4.69, 9.17) is 10.8 Å². The Morgan fingerprint density at radius 3 is 2.33 bits per heavy atom. The molecular formula is C19H24N6O5. The third kappa shape index (κ3) is 7.36. The van der Waals surface area contributed by atoms with Crippen molar-refractivity contribution in [1.82, 2.24) is 25.9 Å². The number of hydrogen-bond donors (Lipinski definition) is 6. The van der Waals surface area contributed by atoms with Gasteiger partial charge in [0.2, 0.25) is 17.7 Å².